The van der Waals surface area contributed by atoms with Crippen LogP contribution >= 0.6 is 0 Å². The number of hydrogen-bond acceptors (Lipinski definition) is 1. The lowest BCUT2D eigenvalue weighted by molar-refractivity contribution is -0.0932. The second kappa shape index (κ2) is 4.05. The molecule has 1 nitrogen and oxygen atoms in total. The molecule has 17 heavy (non-hydrogen) atoms. The first-order valence-corrected chi connectivity index (χ1v) is 6.18. The molecule has 0 unspecified atom stereocenters. The van der Waals surface area contributed by atoms with E-state index in [1.807, 2.05) is 30.3 Å². The number of benzene rings is 1. The quantitative estimate of drug-likeness (QED) is 0.781. The third-order valence-corrected chi connectivity index (χ3v) is 4.07. The minimum absolute atomic E-state index is 0.0249. The average Bonchev–Trinajstić information content (AvgIpc) is 2.83. The summed E-state index contributed by atoms with van der Waals surface area (Å²) in [5.41, 5.74) is 1.11. The normalized spacial score (nSPS) is 34.1. The molecule has 0 aromatic heterocycles. The molecule has 3 rings (SSSR count). The molecule has 92 valence electrons. The van der Waals surface area contributed by atoms with Crippen molar-refractivity contribution in [1.29, 1.82) is 0 Å². The highest BCUT2D eigenvalue weighted by Gasteiger charge is 2.57. The van der Waals surface area contributed by atoms with Crippen molar-refractivity contribution in [1.82, 2.24) is 0 Å². The highest BCUT2D eigenvalue weighted by Crippen LogP contribution is 2.54. The fraction of sp³-hybridized carbons (Fsp3) is 0.571. The molecule has 3 heteroatoms. The molecule has 3 atom stereocenters. The Morgan fingerprint density at radius 2 is 1.94 bits per heavy atom. The molecule has 2 aliphatic rings. The Hall–Kier alpha value is -0.960. The number of rotatable bonds is 3. The van der Waals surface area contributed by atoms with E-state index in [1.165, 1.54) is 0 Å². The number of halogens is 2. The molecule has 1 aromatic rings. The Balaban J connectivity index is 1.56. The summed E-state index contributed by atoms with van der Waals surface area (Å²) in [5.74, 6) is -2.80. The Labute approximate surface area is 99.8 Å². The van der Waals surface area contributed by atoms with Crippen molar-refractivity contribution in [3.8, 4) is 0 Å². The summed E-state index contributed by atoms with van der Waals surface area (Å²) in [6.07, 6.45) is 1.24. The Morgan fingerprint density at radius 3 is 2.53 bits per heavy atom. The lowest BCUT2D eigenvalue weighted by atomic mass is 9.94. The van der Waals surface area contributed by atoms with Gasteiger partial charge in [0.15, 0.2) is 0 Å². The van der Waals surface area contributed by atoms with E-state index in [4.69, 9.17) is 4.74 Å². The van der Waals surface area contributed by atoms with E-state index in [0.717, 1.165) is 5.56 Å². The molecule has 0 spiro atoms. The first-order valence-electron chi connectivity index (χ1n) is 6.18. The van der Waals surface area contributed by atoms with E-state index < -0.39 is 11.8 Å². The maximum Gasteiger partial charge on any atom is 0.251 e. The fourth-order valence-electron chi connectivity index (χ4n) is 3.14. The molecule has 2 aliphatic carbocycles. The monoisotopic (exact) mass is 238 g/mol. The van der Waals surface area contributed by atoms with Crippen LogP contribution in [0.3, 0.4) is 0 Å². The number of hydrogen-bond donors (Lipinski definition) is 0. The Morgan fingerprint density at radius 1 is 1.18 bits per heavy atom. The molecular formula is C14H16F2O. The number of ether oxygens (including phenoxy) is 1. The molecule has 2 bridgehead atoms. The maximum atomic E-state index is 13.3. The van der Waals surface area contributed by atoms with Crippen LogP contribution in [0.2, 0.25) is 0 Å². The van der Waals surface area contributed by atoms with Crippen molar-refractivity contribution in [3.63, 3.8) is 0 Å². The van der Waals surface area contributed by atoms with E-state index in [-0.39, 0.29) is 18.4 Å². The van der Waals surface area contributed by atoms with Crippen molar-refractivity contribution in [2.24, 2.45) is 11.8 Å². The third-order valence-electron chi connectivity index (χ3n) is 4.07. The Kier molecular flexibility index (Phi) is 2.66. The number of alkyl halides is 2. The average molecular weight is 238 g/mol. The minimum atomic E-state index is -2.43. The minimum Gasteiger partial charge on any atom is -0.373 e. The van der Waals surface area contributed by atoms with Crippen LogP contribution in [-0.4, -0.2) is 12.0 Å². The van der Waals surface area contributed by atoms with Gasteiger partial charge in [-0.25, -0.2) is 8.78 Å². The molecule has 0 heterocycles. The van der Waals surface area contributed by atoms with Gasteiger partial charge >= 0.3 is 0 Å². The van der Waals surface area contributed by atoms with E-state index in [1.54, 1.807) is 0 Å². The topological polar surface area (TPSA) is 9.23 Å². The van der Waals surface area contributed by atoms with E-state index in [0.29, 0.717) is 19.4 Å². The lowest BCUT2D eigenvalue weighted by Gasteiger charge is -2.27. The van der Waals surface area contributed by atoms with Crippen LogP contribution in [0.5, 0.6) is 0 Å². The first-order chi connectivity index (χ1) is 8.15. The van der Waals surface area contributed by atoms with Gasteiger partial charge in [0.1, 0.15) is 0 Å². The van der Waals surface area contributed by atoms with Gasteiger partial charge in [-0.05, 0) is 24.3 Å². The second-order valence-corrected chi connectivity index (χ2v) is 5.23. The summed E-state index contributed by atoms with van der Waals surface area (Å²) in [7, 11) is 0. The van der Waals surface area contributed by atoms with Crippen molar-refractivity contribution >= 4 is 0 Å². The predicted octanol–water partition coefficient (Wildman–Crippen LogP) is 3.64. The van der Waals surface area contributed by atoms with Crippen molar-refractivity contribution in [2.75, 3.05) is 0 Å². The zero-order valence-corrected chi connectivity index (χ0v) is 9.61. The first kappa shape index (κ1) is 11.1. The summed E-state index contributed by atoms with van der Waals surface area (Å²) in [4.78, 5) is 0. The summed E-state index contributed by atoms with van der Waals surface area (Å²) in [5, 5.41) is 0. The fourth-order valence-corrected chi connectivity index (χ4v) is 3.14. The summed E-state index contributed by atoms with van der Waals surface area (Å²) in [6, 6.07) is 9.90. The van der Waals surface area contributed by atoms with E-state index in [9.17, 15) is 8.78 Å². The van der Waals surface area contributed by atoms with Crippen LogP contribution in [0.1, 0.15) is 24.8 Å². The van der Waals surface area contributed by atoms with Crippen LogP contribution in [0.15, 0.2) is 30.3 Å². The number of fused-ring (bicyclic) bond motifs is 2. The summed E-state index contributed by atoms with van der Waals surface area (Å²) < 4.78 is 32.4. The summed E-state index contributed by atoms with van der Waals surface area (Å²) >= 11 is 0. The van der Waals surface area contributed by atoms with Crippen molar-refractivity contribution in [3.05, 3.63) is 35.9 Å². The maximum absolute atomic E-state index is 13.3. The molecule has 1 aromatic carbocycles. The molecule has 2 fully saturated rings. The highest BCUT2D eigenvalue weighted by molar-refractivity contribution is 5.13. The van der Waals surface area contributed by atoms with Gasteiger partial charge in [-0.15, -0.1) is 0 Å². The van der Waals surface area contributed by atoms with Crippen molar-refractivity contribution < 1.29 is 13.5 Å². The molecule has 2 saturated carbocycles. The zero-order valence-electron chi connectivity index (χ0n) is 9.61. The van der Waals surface area contributed by atoms with Crippen LogP contribution in [0.4, 0.5) is 8.78 Å². The van der Waals surface area contributed by atoms with Gasteiger partial charge in [0.2, 0.25) is 0 Å². The van der Waals surface area contributed by atoms with Crippen molar-refractivity contribution in [2.45, 2.75) is 37.9 Å². The van der Waals surface area contributed by atoms with Gasteiger partial charge < -0.3 is 4.74 Å². The smallest absolute Gasteiger partial charge is 0.251 e. The van der Waals surface area contributed by atoms with Gasteiger partial charge in [0, 0.05) is 12.3 Å². The van der Waals surface area contributed by atoms with Gasteiger partial charge in [0.05, 0.1) is 12.7 Å². The molecule has 0 N–H and O–H groups in total. The van der Waals surface area contributed by atoms with Crippen LogP contribution in [0.25, 0.3) is 0 Å². The van der Waals surface area contributed by atoms with E-state index in [2.05, 4.69) is 0 Å². The standard InChI is InChI=1S/C14H16F2O/c15-14(16)8-11-6-12(14)7-13(11)17-9-10-4-2-1-3-5-10/h1-5,11-13H,6-9H2/t11-,12-,13+/m1/s1. The highest BCUT2D eigenvalue weighted by atomic mass is 19.3. The molecule has 0 radical (unpaired) electrons. The van der Waals surface area contributed by atoms with Crippen LogP contribution < -0.4 is 0 Å². The third kappa shape index (κ3) is 2.08. The Bertz CT molecular complexity index is 390. The molecule has 0 aliphatic heterocycles. The summed E-state index contributed by atoms with van der Waals surface area (Å²) in [6.45, 7) is 0.542. The van der Waals surface area contributed by atoms with Gasteiger partial charge in [0.25, 0.3) is 5.92 Å². The zero-order chi connectivity index (χ0) is 11.9. The second-order valence-electron chi connectivity index (χ2n) is 5.23. The van der Waals surface area contributed by atoms with Gasteiger partial charge in [-0.1, -0.05) is 30.3 Å². The lowest BCUT2D eigenvalue weighted by Crippen LogP contribution is -2.32. The van der Waals surface area contributed by atoms with Gasteiger partial charge in [-0.2, -0.15) is 0 Å². The molecule has 0 saturated heterocycles. The largest absolute Gasteiger partial charge is 0.373 e. The van der Waals surface area contributed by atoms with Crippen LogP contribution in [-0.2, 0) is 11.3 Å². The van der Waals surface area contributed by atoms with E-state index >= 15 is 0 Å². The molecule has 0 amide bonds. The SMILES string of the molecule is FC1(F)C[C@H]2C[C@@H]1C[C@@H]2OCc1ccccc1. The predicted molar refractivity (Wildman–Crippen MR) is 60.8 cm³/mol. The van der Waals surface area contributed by atoms with Gasteiger partial charge in [-0.3, -0.25) is 0 Å². The van der Waals surface area contributed by atoms with Crippen LogP contribution in [0, 0.1) is 11.8 Å². The molecular weight excluding hydrogens is 222 g/mol.